The number of fused-ring (bicyclic) bond motifs is 1. The van der Waals surface area contributed by atoms with E-state index >= 15 is 0 Å². The van der Waals surface area contributed by atoms with Crippen LogP contribution in [0.2, 0.25) is 0 Å². The van der Waals surface area contributed by atoms with E-state index in [1.807, 2.05) is 16.8 Å². The molecule has 5 rings (SSSR count). The van der Waals surface area contributed by atoms with Crippen LogP contribution in [0.4, 0.5) is 5.69 Å². The molecule has 2 heterocycles. The zero-order valence-electron chi connectivity index (χ0n) is 15.5. The first-order chi connectivity index (χ1) is 14.0. The number of nitrogens with one attached hydrogen (secondary N) is 1. The van der Waals surface area contributed by atoms with E-state index in [4.69, 9.17) is 0 Å². The summed E-state index contributed by atoms with van der Waals surface area (Å²) < 4.78 is 1.83. The first kappa shape index (κ1) is 17.2. The second-order valence-corrected chi connectivity index (χ2v) is 7.14. The molecule has 0 spiro atoms. The molecule has 1 N–H and O–H groups in total. The lowest BCUT2D eigenvalue weighted by Crippen LogP contribution is -2.24. The largest absolute Gasteiger partial charge is 0.322 e. The summed E-state index contributed by atoms with van der Waals surface area (Å²) in [4.78, 5) is 37.7. The number of nitrogens with zero attached hydrogens (tertiary/aromatic N) is 5. The van der Waals surface area contributed by atoms with Crippen molar-refractivity contribution in [3.05, 3.63) is 59.2 Å². The molecular weight excluding hydrogens is 372 g/mol. The van der Waals surface area contributed by atoms with E-state index in [1.54, 1.807) is 12.1 Å². The van der Waals surface area contributed by atoms with Crippen molar-refractivity contribution in [1.82, 2.24) is 25.1 Å². The van der Waals surface area contributed by atoms with Crippen LogP contribution in [-0.2, 0) is 0 Å². The van der Waals surface area contributed by atoms with Gasteiger partial charge in [-0.1, -0.05) is 0 Å². The minimum atomic E-state index is -0.405. The third-order valence-electron chi connectivity index (χ3n) is 5.14. The van der Waals surface area contributed by atoms with Gasteiger partial charge >= 0.3 is 0 Å². The Morgan fingerprint density at radius 1 is 1.03 bits per heavy atom. The van der Waals surface area contributed by atoms with Crippen LogP contribution in [0.1, 0.15) is 50.0 Å². The van der Waals surface area contributed by atoms with Gasteiger partial charge in [0, 0.05) is 23.9 Å². The van der Waals surface area contributed by atoms with Gasteiger partial charge in [0.15, 0.2) is 5.82 Å². The van der Waals surface area contributed by atoms with Gasteiger partial charge < -0.3 is 5.32 Å². The highest BCUT2D eigenvalue weighted by molar-refractivity contribution is 6.22. The van der Waals surface area contributed by atoms with Gasteiger partial charge in [0.2, 0.25) is 0 Å². The highest BCUT2D eigenvalue weighted by Crippen LogP contribution is 2.36. The van der Waals surface area contributed by atoms with Crippen LogP contribution in [0, 0.1) is 0 Å². The van der Waals surface area contributed by atoms with Gasteiger partial charge in [-0.05, 0) is 65.7 Å². The fourth-order valence-electron chi connectivity index (χ4n) is 3.36. The predicted octanol–water partition coefficient (Wildman–Crippen LogP) is 2.15. The molecule has 9 heteroatoms. The quantitative estimate of drug-likeness (QED) is 0.686. The summed E-state index contributed by atoms with van der Waals surface area (Å²) in [7, 11) is 1.42. The lowest BCUT2D eigenvalue weighted by atomic mass is 10.1. The number of carbonyl (C=O) groups excluding carboxylic acids is 3. The first-order valence-electron chi connectivity index (χ1n) is 9.19. The highest BCUT2D eigenvalue weighted by Gasteiger charge is 2.33. The minimum Gasteiger partial charge on any atom is -0.322 e. The van der Waals surface area contributed by atoms with E-state index in [0.29, 0.717) is 28.7 Å². The molecule has 1 saturated carbocycles. The van der Waals surface area contributed by atoms with Crippen LogP contribution in [-0.4, -0.2) is 49.9 Å². The minimum absolute atomic E-state index is 0.243. The fraction of sp³-hybridized carbons (Fsp3) is 0.200. The standard InChI is InChI=1S/C20H16N6O3/c1-25-19(28)15-9-4-12(10-16(15)20(25)29)18(27)21-13-5-2-11(3-6-13)17-22-23-24-26(17)14-7-8-14/h2-6,9-10,14H,7-8H2,1H3,(H,21,27). The van der Waals surface area contributed by atoms with Crippen molar-refractivity contribution in [3.63, 3.8) is 0 Å². The molecule has 9 nitrogen and oxygen atoms in total. The van der Waals surface area contributed by atoms with Crippen molar-refractivity contribution in [2.45, 2.75) is 18.9 Å². The van der Waals surface area contributed by atoms with Gasteiger partial charge in [0.05, 0.1) is 17.2 Å². The summed E-state index contributed by atoms with van der Waals surface area (Å²) in [6, 6.07) is 12.1. The SMILES string of the molecule is CN1C(=O)c2ccc(C(=O)Nc3ccc(-c4nnnn4C4CC4)cc3)cc2C1=O. The number of benzene rings is 2. The molecule has 0 atom stereocenters. The maximum atomic E-state index is 12.6. The lowest BCUT2D eigenvalue weighted by Gasteiger charge is -2.07. The topological polar surface area (TPSA) is 110 Å². The molecule has 0 saturated heterocycles. The van der Waals surface area contributed by atoms with Crippen molar-refractivity contribution >= 4 is 23.4 Å². The molecule has 29 heavy (non-hydrogen) atoms. The Labute approximate surface area is 165 Å². The molecular formula is C20H16N6O3. The summed E-state index contributed by atoms with van der Waals surface area (Å²) in [6.07, 6.45) is 2.16. The molecule has 1 aliphatic heterocycles. The van der Waals surface area contributed by atoms with Crippen LogP contribution in [0.3, 0.4) is 0 Å². The van der Waals surface area contributed by atoms with E-state index in [2.05, 4.69) is 20.8 Å². The van der Waals surface area contributed by atoms with Gasteiger partial charge in [-0.2, -0.15) is 0 Å². The highest BCUT2D eigenvalue weighted by atomic mass is 16.2. The smallest absolute Gasteiger partial charge is 0.261 e. The van der Waals surface area contributed by atoms with Crippen LogP contribution >= 0.6 is 0 Å². The zero-order chi connectivity index (χ0) is 20.1. The average molecular weight is 388 g/mol. The summed E-state index contributed by atoms with van der Waals surface area (Å²) in [5.74, 6) is -0.423. The summed E-state index contributed by atoms with van der Waals surface area (Å²) in [6.45, 7) is 0. The number of aromatic nitrogens is 4. The number of hydrogen-bond donors (Lipinski definition) is 1. The fourth-order valence-corrected chi connectivity index (χ4v) is 3.36. The third-order valence-corrected chi connectivity index (χ3v) is 5.14. The van der Waals surface area contributed by atoms with Gasteiger partial charge in [-0.3, -0.25) is 19.3 Å². The Morgan fingerprint density at radius 2 is 1.76 bits per heavy atom. The van der Waals surface area contributed by atoms with Crippen LogP contribution in [0.5, 0.6) is 0 Å². The normalized spacial score (nSPS) is 15.6. The van der Waals surface area contributed by atoms with E-state index in [1.165, 1.54) is 25.2 Å². The summed E-state index contributed by atoms with van der Waals surface area (Å²) >= 11 is 0. The van der Waals surface area contributed by atoms with Gasteiger partial charge in [0.25, 0.3) is 17.7 Å². The van der Waals surface area contributed by atoms with E-state index in [-0.39, 0.29) is 17.4 Å². The number of tetrazole rings is 1. The summed E-state index contributed by atoms with van der Waals surface area (Å²) in [5, 5.41) is 14.7. The Morgan fingerprint density at radius 3 is 2.48 bits per heavy atom. The van der Waals surface area contributed by atoms with Gasteiger partial charge in [0.1, 0.15) is 0 Å². The van der Waals surface area contributed by atoms with E-state index in [0.717, 1.165) is 23.3 Å². The van der Waals surface area contributed by atoms with Crippen molar-refractivity contribution < 1.29 is 14.4 Å². The van der Waals surface area contributed by atoms with Crippen LogP contribution in [0.25, 0.3) is 11.4 Å². The number of carbonyl (C=O) groups is 3. The van der Waals surface area contributed by atoms with Crippen molar-refractivity contribution in [1.29, 1.82) is 0 Å². The Balaban J connectivity index is 1.35. The predicted molar refractivity (Wildman–Crippen MR) is 102 cm³/mol. The molecule has 2 aromatic carbocycles. The van der Waals surface area contributed by atoms with E-state index in [9.17, 15) is 14.4 Å². The molecule has 2 aliphatic rings. The zero-order valence-corrected chi connectivity index (χ0v) is 15.5. The van der Waals surface area contributed by atoms with Crippen LogP contribution in [0.15, 0.2) is 42.5 Å². The number of imide groups is 1. The molecule has 3 amide bonds. The number of rotatable bonds is 4. The molecule has 0 bridgehead atoms. The summed E-state index contributed by atoms with van der Waals surface area (Å²) in [5.41, 5.74) is 2.33. The molecule has 1 fully saturated rings. The first-order valence-corrected chi connectivity index (χ1v) is 9.19. The second-order valence-electron chi connectivity index (χ2n) is 7.14. The lowest BCUT2D eigenvalue weighted by molar-refractivity contribution is 0.0693. The van der Waals surface area contributed by atoms with Crippen molar-refractivity contribution in [3.8, 4) is 11.4 Å². The monoisotopic (exact) mass is 388 g/mol. The molecule has 3 aromatic rings. The maximum Gasteiger partial charge on any atom is 0.261 e. The average Bonchev–Trinajstić information content (AvgIpc) is 3.43. The maximum absolute atomic E-state index is 12.6. The van der Waals surface area contributed by atoms with E-state index < -0.39 is 5.91 Å². The Kier molecular flexibility index (Phi) is 3.76. The van der Waals surface area contributed by atoms with Gasteiger partial charge in [-0.25, -0.2) is 4.68 Å². The molecule has 1 aromatic heterocycles. The molecule has 144 valence electrons. The molecule has 0 unspecified atom stereocenters. The third kappa shape index (κ3) is 2.87. The van der Waals surface area contributed by atoms with Crippen molar-refractivity contribution in [2.75, 3.05) is 12.4 Å². The Bertz CT molecular complexity index is 1160. The number of amides is 3. The Hall–Kier alpha value is -3.88. The van der Waals surface area contributed by atoms with Crippen molar-refractivity contribution in [2.24, 2.45) is 0 Å². The molecule has 0 radical (unpaired) electrons. The molecule has 1 aliphatic carbocycles. The number of hydrogen-bond acceptors (Lipinski definition) is 6. The number of anilines is 1. The van der Waals surface area contributed by atoms with Gasteiger partial charge in [-0.15, -0.1) is 5.10 Å². The van der Waals surface area contributed by atoms with Crippen LogP contribution < -0.4 is 5.32 Å². The second kappa shape index (κ2) is 6.33.